The molecule has 0 aromatic carbocycles. The number of carbonyl (C=O) groups excluding carboxylic acids is 3. The average molecular weight is 336 g/mol. The van der Waals surface area contributed by atoms with Crippen LogP contribution in [0.15, 0.2) is 18.2 Å². The van der Waals surface area contributed by atoms with Crippen LogP contribution in [0, 0.1) is 6.92 Å². The van der Waals surface area contributed by atoms with Crippen LogP contribution in [0.25, 0.3) is 6.08 Å². The van der Waals surface area contributed by atoms with Crippen LogP contribution >= 0.6 is 11.3 Å². The molecule has 124 valence electrons. The number of thiophene rings is 1. The van der Waals surface area contributed by atoms with E-state index in [1.54, 1.807) is 17.4 Å². The second-order valence-corrected chi connectivity index (χ2v) is 6.80. The minimum Gasteiger partial charge on any atom is -0.452 e. The van der Waals surface area contributed by atoms with Gasteiger partial charge in [-0.05, 0) is 38.0 Å². The Morgan fingerprint density at radius 2 is 2.13 bits per heavy atom. The number of aryl methyl sites for hydroxylation is 1. The molecule has 1 N–H and O–H groups in total. The molecule has 0 unspecified atom stereocenters. The maximum Gasteiger partial charge on any atom is 0.331 e. The molecule has 0 saturated heterocycles. The van der Waals surface area contributed by atoms with E-state index < -0.39 is 11.9 Å². The molecule has 6 nitrogen and oxygen atoms in total. The number of nitrogens with one attached hydrogen (secondary N) is 1. The van der Waals surface area contributed by atoms with Crippen LogP contribution < -0.4 is 5.32 Å². The summed E-state index contributed by atoms with van der Waals surface area (Å²) in [5.41, 5.74) is 0. The minimum atomic E-state index is -0.583. The van der Waals surface area contributed by atoms with Crippen LogP contribution in [0.2, 0.25) is 0 Å². The number of ether oxygens (including phenoxy) is 1. The normalized spacial score (nSPS) is 13.8. The molecular weight excluding hydrogens is 316 g/mol. The summed E-state index contributed by atoms with van der Waals surface area (Å²) in [6.07, 6.45) is 4.93. The van der Waals surface area contributed by atoms with E-state index in [9.17, 15) is 14.4 Å². The lowest BCUT2D eigenvalue weighted by Gasteiger charge is -2.16. The minimum absolute atomic E-state index is 0.0306. The van der Waals surface area contributed by atoms with Crippen molar-refractivity contribution >= 4 is 35.2 Å². The van der Waals surface area contributed by atoms with Crippen LogP contribution in [0.1, 0.15) is 22.6 Å². The predicted molar refractivity (Wildman–Crippen MR) is 87.9 cm³/mol. The number of amides is 2. The van der Waals surface area contributed by atoms with Gasteiger partial charge in [0.1, 0.15) is 0 Å². The molecule has 1 fully saturated rings. The van der Waals surface area contributed by atoms with E-state index in [4.69, 9.17) is 4.74 Å². The zero-order valence-corrected chi connectivity index (χ0v) is 14.0. The Labute approximate surface area is 139 Å². The van der Waals surface area contributed by atoms with Crippen LogP contribution in [0.3, 0.4) is 0 Å². The predicted octanol–water partition coefficient (Wildman–Crippen LogP) is 1.35. The van der Waals surface area contributed by atoms with Crippen LogP contribution in [0.5, 0.6) is 0 Å². The summed E-state index contributed by atoms with van der Waals surface area (Å²) >= 11 is 1.56. The number of hydrogen-bond donors (Lipinski definition) is 1. The second-order valence-electron chi connectivity index (χ2n) is 5.48. The molecule has 7 heteroatoms. The zero-order chi connectivity index (χ0) is 16.8. The lowest BCUT2D eigenvalue weighted by molar-refractivity contribution is -0.148. The Morgan fingerprint density at radius 1 is 1.39 bits per heavy atom. The Hall–Kier alpha value is -2.15. The molecule has 1 heterocycles. The Balaban J connectivity index is 1.68. The third-order valence-corrected chi connectivity index (χ3v) is 4.20. The molecule has 0 spiro atoms. The molecule has 0 atom stereocenters. The number of nitrogens with zero attached hydrogens (tertiary/aromatic N) is 1. The Kier molecular flexibility index (Phi) is 5.92. The summed E-state index contributed by atoms with van der Waals surface area (Å²) in [7, 11) is 1.51. The number of carbonyl (C=O) groups is 3. The quantitative estimate of drug-likeness (QED) is 0.602. The summed E-state index contributed by atoms with van der Waals surface area (Å²) in [5, 5.41) is 2.79. The fraction of sp³-hybridized carbons (Fsp3) is 0.438. The standard InChI is InChI=1S/C16H20N2O4S/c1-11-3-6-13(23-11)7-8-16(21)22-10-15(20)18(2)9-14(19)17-12-4-5-12/h3,6-8,12H,4-5,9-10H2,1-2H3,(H,17,19)/b8-7+. The molecule has 0 aliphatic heterocycles. The van der Waals surface area contributed by atoms with E-state index in [2.05, 4.69) is 5.32 Å². The Morgan fingerprint density at radius 3 is 2.74 bits per heavy atom. The molecule has 23 heavy (non-hydrogen) atoms. The van der Waals surface area contributed by atoms with Gasteiger partial charge in [-0.2, -0.15) is 0 Å². The first kappa shape index (κ1) is 17.2. The molecule has 1 aromatic heterocycles. The lowest BCUT2D eigenvalue weighted by Crippen LogP contribution is -2.40. The van der Waals surface area contributed by atoms with Crippen molar-refractivity contribution in [2.24, 2.45) is 0 Å². The van der Waals surface area contributed by atoms with Crippen molar-refractivity contribution in [2.75, 3.05) is 20.2 Å². The molecule has 1 aliphatic carbocycles. The second kappa shape index (κ2) is 7.92. The van der Waals surface area contributed by atoms with E-state index >= 15 is 0 Å². The highest BCUT2D eigenvalue weighted by Crippen LogP contribution is 2.18. The number of rotatable bonds is 7. The molecule has 2 rings (SSSR count). The first-order chi connectivity index (χ1) is 10.9. The smallest absolute Gasteiger partial charge is 0.331 e. The highest BCUT2D eigenvalue weighted by molar-refractivity contribution is 7.12. The zero-order valence-electron chi connectivity index (χ0n) is 13.2. The van der Waals surface area contributed by atoms with Gasteiger partial charge >= 0.3 is 5.97 Å². The van der Waals surface area contributed by atoms with E-state index in [0.717, 1.165) is 22.6 Å². The average Bonchev–Trinajstić information content (AvgIpc) is 3.21. The molecular formula is C16H20N2O4S. The van der Waals surface area contributed by atoms with E-state index in [1.165, 1.54) is 18.0 Å². The molecule has 1 aliphatic rings. The topological polar surface area (TPSA) is 75.7 Å². The van der Waals surface area contributed by atoms with Gasteiger partial charge in [-0.15, -0.1) is 11.3 Å². The molecule has 1 aromatic rings. The van der Waals surface area contributed by atoms with Crippen LogP contribution in [-0.4, -0.2) is 48.9 Å². The number of hydrogen-bond acceptors (Lipinski definition) is 5. The maximum absolute atomic E-state index is 11.8. The number of likely N-dealkylation sites (N-methyl/N-ethyl adjacent to an activating group) is 1. The van der Waals surface area contributed by atoms with Crippen molar-refractivity contribution < 1.29 is 19.1 Å². The third kappa shape index (κ3) is 6.23. The summed E-state index contributed by atoms with van der Waals surface area (Å²) in [5.74, 6) is -1.19. The fourth-order valence-electron chi connectivity index (χ4n) is 1.79. The molecule has 0 radical (unpaired) electrons. The number of esters is 1. The first-order valence-electron chi connectivity index (χ1n) is 7.38. The van der Waals surface area contributed by atoms with Gasteiger partial charge in [0.2, 0.25) is 5.91 Å². The summed E-state index contributed by atoms with van der Waals surface area (Å²) in [4.78, 5) is 38.3. The highest BCUT2D eigenvalue weighted by atomic mass is 32.1. The van der Waals surface area contributed by atoms with Crippen molar-refractivity contribution in [1.82, 2.24) is 10.2 Å². The summed E-state index contributed by atoms with van der Waals surface area (Å²) < 4.78 is 4.88. The van der Waals surface area contributed by atoms with Crippen LogP contribution in [0.4, 0.5) is 0 Å². The van der Waals surface area contributed by atoms with Gasteiger partial charge in [-0.25, -0.2) is 4.79 Å². The van der Waals surface area contributed by atoms with E-state index in [0.29, 0.717) is 0 Å². The largest absolute Gasteiger partial charge is 0.452 e. The maximum atomic E-state index is 11.8. The molecule has 2 amide bonds. The fourth-order valence-corrected chi connectivity index (χ4v) is 2.57. The van der Waals surface area contributed by atoms with Crippen molar-refractivity contribution in [1.29, 1.82) is 0 Å². The van der Waals surface area contributed by atoms with Gasteiger partial charge < -0.3 is 15.0 Å². The lowest BCUT2D eigenvalue weighted by atomic mass is 10.4. The monoisotopic (exact) mass is 336 g/mol. The van der Waals surface area contributed by atoms with Gasteiger partial charge in [0.15, 0.2) is 6.61 Å². The van der Waals surface area contributed by atoms with Crippen molar-refractivity contribution in [2.45, 2.75) is 25.8 Å². The van der Waals surface area contributed by atoms with E-state index in [1.807, 2.05) is 19.1 Å². The Bertz CT molecular complexity index is 619. The van der Waals surface area contributed by atoms with Gasteiger partial charge in [0.05, 0.1) is 6.54 Å². The third-order valence-electron chi connectivity index (χ3n) is 3.23. The SMILES string of the molecule is Cc1ccc(/C=C/C(=O)OCC(=O)N(C)CC(=O)NC2CC2)s1. The van der Waals surface area contributed by atoms with Crippen molar-refractivity contribution in [3.63, 3.8) is 0 Å². The van der Waals surface area contributed by atoms with Gasteiger partial charge in [0, 0.05) is 28.9 Å². The van der Waals surface area contributed by atoms with Gasteiger partial charge in [-0.1, -0.05) is 0 Å². The highest BCUT2D eigenvalue weighted by Gasteiger charge is 2.24. The first-order valence-corrected chi connectivity index (χ1v) is 8.20. The van der Waals surface area contributed by atoms with Gasteiger partial charge in [0.25, 0.3) is 5.91 Å². The van der Waals surface area contributed by atoms with Crippen molar-refractivity contribution in [3.8, 4) is 0 Å². The molecule has 0 bridgehead atoms. The summed E-state index contributed by atoms with van der Waals surface area (Å²) in [6, 6.07) is 4.12. The molecule has 1 saturated carbocycles. The van der Waals surface area contributed by atoms with Crippen LogP contribution in [-0.2, 0) is 19.1 Å². The van der Waals surface area contributed by atoms with Crippen molar-refractivity contribution in [3.05, 3.63) is 28.0 Å². The van der Waals surface area contributed by atoms with E-state index in [-0.39, 0.29) is 25.1 Å². The summed E-state index contributed by atoms with van der Waals surface area (Å²) in [6.45, 7) is 1.57. The van der Waals surface area contributed by atoms with Gasteiger partial charge in [-0.3, -0.25) is 9.59 Å².